The van der Waals surface area contributed by atoms with E-state index in [-0.39, 0.29) is 52.9 Å². The molecular weight excluding hydrogens is 537 g/mol. The second-order valence-corrected chi connectivity index (χ2v) is 9.24. The number of primary amides is 1. The van der Waals surface area contributed by atoms with Crippen LogP contribution in [0.25, 0.3) is 10.9 Å². The van der Waals surface area contributed by atoms with Crippen molar-refractivity contribution in [1.29, 1.82) is 0 Å². The van der Waals surface area contributed by atoms with Crippen molar-refractivity contribution < 1.29 is 41.1 Å². The number of carbonyl (C=O) groups excluding carboxylic acids is 3. The quantitative estimate of drug-likeness (QED) is 0.411. The molecule has 3 aromatic rings. The highest BCUT2D eigenvalue weighted by molar-refractivity contribution is 6.30. The number of hydrogen-bond acceptors (Lipinski definition) is 4. The number of ether oxygens (including phenoxy) is 1. The van der Waals surface area contributed by atoms with E-state index >= 15 is 0 Å². The molecule has 0 unspecified atom stereocenters. The molecule has 2 N–H and O–H groups in total. The third-order valence-corrected chi connectivity index (χ3v) is 6.56. The summed E-state index contributed by atoms with van der Waals surface area (Å²) in [4.78, 5) is 39.0. The van der Waals surface area contributed by atoms with E-state index in [0.717, 1.165) is 17.0 Å². The fourth-order valence-electron chi connectivity index (χ4n) is 4.56. The molecule has 4 rings (SSSR count). The van der Waals surface area contributed by atoms with Gasteiger partial charge in [0, 0.05) is 30.5 Å². The topological polar surface area (TPSA) is 94.6 Å². The van der Waals surface area contributed by atoms with Crippen molar-refractivity contribution in [2.45, 2.75) is 44.4 Å². The smallest absolute Gasteiger partial charge is 0.406 e. The molecule has 1 fully saturated rings. The lowest BCUT2D eigenvalue weighted by atomic mass is 10.0. The van der Waals surface area contributed by atoms with Gasteiger partial charge in [0.1, 0.15) is 24.3 Å². The van der Waals surface area contributed by atoms with E-state index in [1.54, 1.807) is 0 Å². The second kappa shape index (κ2) is 10.6. The zero-order valence-electron chi connectivity index (χ0n) is 19.6. The maximum atomic E-state index is 14.3. The number of nitrogens with two attached hydrogens (primary N) is 1. The summed E-state index contributed by atoms with van der Waals surface area (Å²) in [5, 5.41) is 0.0790. The molecule has 7 nitrogen and oxygen atoms in total. The van der Waals surface area contributed by atoms with Crippen LogP contribution >= 0.6 is 11.6 Å². The molecule has 13 heteroatoms. The molecule has 0 radical (unpaired) electrons. The van der Waals surface area contributed by atoms with Crippen LogP contribution in [0.3, 0.4) is 0 Å². The van der Waals surface area contributed by atoms with E-state index < -0.39 is 54.3 Å². The predicted octanol–water partition coefficient (Wildman–Crippen LogP) is 4.57. The molecular formula is C25H21ClF5N3O4. The van der Waals surface area contributed by atoms with Crippen molar-refractivity contribution in [3.8, 4) is 5.75 Å². The Morgan fingerprint density at radius 2 is 1.89 bits per heavy atom. The van der Waals surface area contributed by atoms with Gasteiger partial charge in [0.05, 0.1) is 28.7 Å². The number of nitrogens with zero attached hydrogens (tertiary/aromatic N) is 2. The number of carbonyl (C=O) groups is 3. The lowest BCUT2D eigenvalue weighted by Crippen LogP contribution is -2.42. The highest BCUT2D eigenvalue weighted by Crippen LogP contribution is 2.30. The Balaban J connectivity index is 1.55. The van der Waals surface area contributed by atoms with Gasteiger partial charge in [-0.2, -0.15) is 0 Å². The summed E-state index contributed by atoms with van der Waals surface area (Å²) in [5.74, 6) is -3.30. The monoisotopic (exact) mass is 557 g/mol. The first kappa shape index (κ1) is 27.4. The lowest BCUT2D eigenvalue weighted by Gasteiger charge is -2.24. The largest absolute Gasteiger partial charge is 0.573 e. The summed E-state index contributed by atoms with van der Waals surface area (Å²) >= 11 is 5.76. The van der Waals surface area contributed by atoms with Crippen LogP contribution in [-0.2, 0) is 22.6 Å². The molecule has 202 valence electrons. The molecule has 1 aliphatic heterocycles. The van der Waals surface area contributed by atoms with Gasteiger partial charge < -0.3 is 19.9 Å². The number of aromatic nitrogens is 1. The van der Waals surface area contributed by atoms with Gasteiger partial charge in [-0.05, 0) is 30.2 Å². The molecule has 0 saturated carbocycles. The van der Waals surface area contributed by atoms with Crippen LogP contribution in [0.4, 0.5) is 22.0 Å². The number of hydrogen-bond donors (Lipinski definition) is 1. The number of amides is 2. The summed E-state index contributed by atoms with van der Waals surface area (Å²) in [6, 6.07) is 6.44. The number of likely N-dealkylation sites (tertiary alicyclic amines) is 1. The zero-order valence-corrected chi connectivity index (χ0v) is 20.4. The first-order valence-electron chi connectivity index (χ1n) is 11.4. The molecule has 0 aliphatic carbocycles. The number of benzene rings is 2. The second-order valence-electron chi connectivity index (χ2n) is 8.84. The van der Waals surface area contributed by atoms with E-state index in [2.05, 4.69) is 4.74 Å². The molecule has 1 saturated heterocycles. The third-order valence-electron chi connectivity index (χ3n) is 6.27. The number of fused-ring (bicyclic) bond motifs is 1. The minimum Gasteiger partial charge on any atom is -0.406 e. The van der Waals surface area contributed by atoms with Crippen molar-refractivity contribution in [3.05, 3.63) is 64.6 Å². The first-order chi connectivity index (χ1) is 17.8. The Labute approximate surface area is 217 Å². The maximum absolute atomic E-state index is 14.3. The fourth-order valence-corrected chi connectivity index (χ4v) is 4.76. The van der Waals surface area contributed by atoms with Gasteiger partial charge in [-0.3, -0.25) is 14.4 Å². The SMILES string of the molecule is NC(=O)c1cn(CC(=O)N2C[C@H](F)C[C@H]2C(=O)CCc2cccc(Cl)c2F)c2cc(OC(F)(F)F)ccc12. The fraction of sp³-hybridized carbons (Fsp3) is 0.320. The normalized spacial score (nSPS) is 17.7. The zero-order chi connectivity index (χ0) is 27.8. The molecule has 1 aliphatic rings. The Morgan fingerprint density at radius 3 is 2.58 bits per heavy atom. The van der Waals surface area contributed by atoms with Gasteiger partial charge in [0.2, 0.25) is 5.91 Å². The highest BCUT2D eigenvalue weighted by atomic mass is 35.5. The van der Waals surface area contributed by atoms with E-state index in [9.17, 15) is 36.3 Å². The van der Waals surface area contributed by atoms with Crippen molar-refractivity contribution >= 4 is 40.1 Å². The first-order valence-corrected chi connectivity index (χ1v) is 11.8. The summed E-state index contributed by atoms with van der Waals surface area (Å²) in [6.45, 7) is -0.885. The van der Waals surface area contributed by atoms with Crippen molar-refractivity contribution in [2.24, 2.45) is 5.73 Å². The van der Waals surface area contributed by atoms with E-state index in [1.165, 1.54) is 35.0 Å². The van der Waals surface area contributed by atoms with Gasteiger partial charge in [0.25, 0.3) is 5.91 Å². The van der Waals surface area contributed by atoms with E-state index in [1.807, 2.05) is 0 Å². The van der Waals surface area contributed by atoms with Crippen LogP contribution in [0.2, 0.25) is 5.02 Å². The molecule has 2 heterocycles. The molecule has 2 aromatic carbocycles. The number of halogens is 6. The summed E-state index contributed by atoms with van der Waals surface area (Å²) in [5.41, 5.74) is 5.58. The standard InChI is InChI=1S/C25H21ClF5N3O4/c26-18-3-1-2-13(23(18)28)4-7-21(35)20-8-14(27)10-34(20)22(36)12-33-11-17(24(32)37)16-6-5-15(9-19(16)33)38-25(29,30)31/h1-3,5-6,9,11,14,20H,4,7-8,10,12H2,(H2,32,37)/t14-,20+/m1/s1. The van der Waals surface area contributed by atoms with Crippen molar-refractivity contribution in [2.75, 3.05) is 6.54 Å². The van der Waals surface area contributed by atoms with Gasteiger partial charge >= 0.3 is 6.36 Å². The summed E-state index contributed by atoms with van der Waals surface area (Å²) in [7, 11) is 0. The summed E-state index contributed by atoms with van der Waals surface area (Å²) in [6.07, 6.45) is -5.68. The lowest BCUT2D eigenvalue weighted by molar-refractivity contribution is -0.274. The van der Waals surface area contributed by atoms with E-state index in [0.29, 0.717) is 0 Å². The van der Waals surface area contributed by atoms with Crippen LogP contribution in [0.15, 0.2) is 42.6 Å². The van der Waals surface area contributed by atoms with Gasteiger partial charge in [-0.25, -0.2) is 8.78 Å². The van der Waals surface area contributed by atoms with Gasteiger partial charge in [-0.15, -0.1) is 13.2 Å². The van der Waals surface area contributed by atoms with Crippen LogP contribution in [0.1, 0.15) is 28.8 Å². The van der Waals surface area contributed by atoms with E-state index in [4.69, 9.17) is 17.3 Å². The molecule has 0 bridgehead atoms. The Hall–Kier alpha value is -3.67. The van der Waals surface area contributed by atoms with Crippen LogP contribution in [0.5, 0.6) is 5.75 Å². The van der Waals surface area contributed by atoms with Gasteiger partial charge in [0.15, 0.2) is 5.78 Å². The Morgan fingerprint density at radius 1 is 1.16 bits per heavy atom. The third kappa shape index (κ3) is 5.90. The minimum atomic E-state index is -4.97. The molecule has 38 heavy (non-hydrogen) atoms. The maximum Gasteiger partial charge on any atom is 0.573 e. The van der Waals surface area contributed by atoms with Crippen molar-refractivity contribution in [1.82, 2.24) is 9.47 Å². The number of rotatable bonds is 8. The number of Topliss-reactive ketones (excluding diaryl/α,β-unsaturated/α-hetero) is 1. The average Bonchev–Trinajstić information content (AvgIpc) is 3.39. The van der Waals surface area contributed by atoms with Gasteiger partial charge in [-0.1, -0.05) is 23.7 Å². The summed E-state index contributed by atoms with van der Waals surface area (Å²) < 4.78 is 71.7. The molecule has 2 atom stereocenters. The molecule has 0 spiro atoms. The molecule has 1 aromatic heterocycles. The predicted molar refractivity (Wildman–Crippen MR) is 127 cm³/mol. The number of alkyl halides is 4. The average molecular weight is 558 g/mol. The Kier molecular flexibility index (Phi) is 7.63. The van der Waals surface area contributed by atoms with Crippen LogP contribution in [0, 0.1) is 5.82 Å². The van der Waals surface area contributed by atoms with Crippen molar-refractivity contribution in [3.63, 3.8) is 0 Å². The minimum absolute atomic E-state index is 0.00704. The highest BCUT2D eigenvalue weighted by Gasteiger charge is 2.39. The van der Waals surface area contributed by atoms with Crippen LogP contribution in [-0.4, -0.2) is 52.2 Å². The number of aryl methyl sites for hydroxylation is 1. The molecule has 2 amide bonds. The Bertz CT molecular complexity index is 1410. The van der Waals surface area contributed by atoms with Crippen LogP contribution < -0.4 is 10.5 Å². The number of ketones is 1.